The molecule has 0 aromatic carbocycles. The van der Waals surface area contributed by atoms with Crippen molar-refractivity contribution in [1.29, 1.82) is 0 Å². The van der Waals surface area contributed by atoms with Gasteiger partial charge in [-0.1, -0.05) is 13.3 Å². The molecule has 5 nitrogen and oxygen atoms in total. The Morgan fingerprint density at radius 1 is 1.27 bits per heavy atom. The highest BCUT2D eigenvalue weighted by molar-refractivity contribution is 5.95. The highest BCUT2D eigenvalue weighted by Crippen LogP contribution is 2.39. The SMILES string of the molecule is CCCCN1CC2(CCCN(C(=O)c3cnc(C)cc3C)C2)CCC1=O. The lowest BCUT2D eigenvalue weighted by molar-refractivity contribution is -0.139. The molecular formula is C21H31N3O2. The second kappa shape index (κ2) is 7.77. The molecule has 26 heavy (non-hydrogen) atoms. The van der Waals surface area contributed by atoms with E-state index in [-0.39, 0.29) is 17.2 Å². The van der Waals surface area contributed by atoms with Crippen LogP contribution in [0.3, 0.4) is 0 Å². The van der Waals surface area contributed by atoms with Crippen molar-refractivity contribution in [1.82, 2.24) is 14.8 Å². The Bertz CT molecular complexity index is 688. The lowest BCUT2D eigenvalue weighted by atomic mass is 9.73. The van der Waals surface area contributed by atoms with Crippen LogP contribution >= 0.6 is 0 Å². The van der Waals surface area contributed by atoms with Crippen LogP contribution in [0, 0.1) is 19.3 Å². The van der Waals surface area contributed by atoms with E-state index in [9.17, 15) is 9.59 Å². The number of aromatic nitrogens is 1. The van der Waals surface area contributed by atoms with E-state index in [1.54, 1.807) is 6.20 Å². The third kappa shape index (κ3) is 3.92. The summed E-state index contributed by atoms with van der Waals surface area (Å²) in [7, 11) is 0. The summed E-state index contributed by atoms with van der Waals surface area (Å²) in [6, 6.07) is 1.97. The van der Waals surface area contributed by atoms with E-state index in [2.05, 4.69) is 11.9 Å². The second-order valence-electron chi connectivity index (χ2n) is 8.14. The van der Waals surface area contributed by atoms with Crippen molar-refractivity contribution in [2.24, 2.45) is 5.41 Å². The summed E-state index contributed by atoms with van der Waals surface area (Å²) < 4.78 is 0. The zero-order valence-electron chi connectivity index (χ0n) is 16.4. The first-order valence-corrected chi connectivity index (χ1v) is 9.94. The quantitative estimate of drug-likeness (QED) is 0.830. The maximum Gasteiger partial charge on any atom is 0.255 e. The van der Waals surface area contributed by atoms with Crippen molar-refractivity contribution < 1.29 is 9.59 Å². The predicted octanol–water partition coefficient (Wildman–Crippen LogP) is 3.34. The lowest BCUT2D eigenvalue weighted by Crippen LogP contribution is -2.55. The van der Waals surface area contributed by atoms with Crippen molar-refractivity contribution in [2.75, 3.05) is 26.2 Å². The summed E-state index contributed by atoms with van der Waals surface area (Å²) in [5.74, 6) is 0.372. The molecule has 3 rings (SSSR count). The first-order valence-electron chi connectivity index (χ1n) is 9.94. The minimum absolute atomic E-state index is 0.0710. The van der Waals surface area contributed by atoms with Crippen LogP contribution in [0.4, 0.5) is 0 Å². The molecule has 2 amide bonds. The van der Waals surface area contributed by atoms with Gasteiger partial charge in [-0.25, -0.2) is 0 Å². The number of nitrogens with zero attached hydrogens (tertiary/aromatic N) is 3. The number of pyridine rings is 1. The van der Waals surface area contributed by atoms with Gasteiger partial charge in [0.05, 0.1) is 5.56 Å². The van der Waals surface area contributed by atoms with Crippen molar-refractivity contribution in [3.63, 3.8) is 0 Å². The summed E-state index contributed by atoms with van der Waals surface area (Å²) in [5, 5.41) is 0. The first-order chi connectivity index (χ1) is 12.4. The monoisotopic (exact) mass is 357 g/mol. The van der Waals surface area contributed by atoms with Crippen molar-refractivity contribution in [3.8, 4) is 0 Å². The fourth-order valence-corrected chi connectivity index (χ4v) is 4.46. The maximum atomic E-state index is 13.1. The molecule has 2 saturated heterocycles. The van der Waals surface area contributed by atoms with Crippen LogP contribution in [0.15, 0.2) is 12.3 Å². The Labute approximate surface area is 156 Å². The maximum absolute atomic E-state index is 13.1. The van der Waals surface area contributed by atoms with Gasteiger partial charge in [0.1, 0.15) is 0 Å². The van der Waals surface area contributed by atoms with Crippen molar-refractivity contribution >= 4 is 11.8 Å². The Morgan fingerprint density at radius 3 is 2.81 bits per heavy atom. The Kier molecular flexibility index (Phi) is 5.64. The highest BCUT2D eigenvalue weighted by atomic mass is 16.2. The zero-order valence-corrected chi connectivity index (χ0v) is 16.4. The fraction of sp³-hybridized carbons (Fsp3) is 0.667. The van der Waals surface area contributed by atoms with Gasteiger partial charge in [0.2, 0.25) is 5.91 Å². The van der Waals surface area contributed by atoms with Gasteiger partial charge in [-0.2, -0.15) is 0 Å². The molecule has 0 saturated carbocycles. The molecule has 2 aliphatic heterocycles. The number of rotatable bonds is 4. The lowest BCUT2D eigenvalue weighted by Gasteiger charge is -2.48. The number of carbonyl (C=O) groups is 2. The minimum atomic E-state index is 0.0710. The molecule has 0 aliphatic carbocycles. The number of likely N-dealkylation sites (tertiary alicyclic amines) is 2. The molecular weight excluding hydrogens is 326 g/mol. The predicted molar refractivity (Wildman–Crippen MR) is 102 cm³/mol. The molecule has 1 aromatic rings. The van der Waals surface area contributed by atoms with Gasteiger partial charge in [-0.05, 0) is 51.2 Å². The third-order valence-electron chi connectivity index (χ3n) is 5.96. The number of aryl methyl sites for hydroxylation is 2. The first kappa shape index (κ1) is 18.9. The molecule has 5 heteroatoms. The molecule has 0 N–H and O–H groups in total. The van der Waals surface area contributed by atoms with Crippen LogP contribution in [0.25, 0.3) is 0 Å². The largest absolute Gasteiger partial charge is 0.342 e. The van der Waals surface area contributed by atoms with E-state index in [1.807, 2.05) is 29.7 Å². The van der Waals surface area contributed by atoms with Crippen molar-refractivity contribution in [2.45, 2.75) is 59.3 Å². The molecule has 3 heterocycles. The second-order valence-corrected chi connectivity index (χ2v) is 8.14. The zero-order chi connectivity index (χ0) is 18.7. The smallest absolute Gasteiger partial charge is 0.255 e. The molecule has 0 bridgehead atoms. The summed E-state index contributed by atoms with van der Waals surface area (Å²) >= 11 is 0. The van der Waals surface area contributed by atoms with E-state index in [0.717, 1.165) is 69.5 Å². The van der Waals surface area contributed by atoms with Crippen LogP contribution in [-0.2, 0) is 4.79 Å². The number of hydrogen-bond acceptors (Lipinski definition) is 3. The average Bonchev–Trinajstić information content (AvgIpc) is 2.62. The number of carbonyl (C=O) groups excluding carboxylic acids is 2. The van der Waals surface area contributed by atoms with Gasteiger partial charge in [0, 0.05) is 49.9 Å². The van der Waals surface area contributed by atoms with Gasteiger partial charge >= 0.3 is 0 Å². The number of amides is 2. The third-order valence-corrected chi connectivity index (χ3v) is 5.96. The molecule has 0 radical (unpaired) electrons. The van der Waals surface area contributed by atoms with E-state index in [1.165, 1.54) is 0 Å². The van der Waals surface area contributed by atoms with Crippen LogP contribution in [0.1, 0.15) is 67.1 Å². The van der Waals surface area contributed by atoms with Crippen LogP contribution < -0.4 is 0 Å². The summed E-state index contributed by atoms with van der Waals surface area (Å²) in [6.07, 6.45) is 7.52. The summed E-state index contributed by atoms with van der Waals surface area (Å²) in [6.45, 7) is 9.30. The van der Waals surface area contributed by atoms with E-state index < -0.39 is 0 Å². The molecule has 2 aliphatic rings. The molecule has 1 spiro atoms. The average molecular weight is 357 g/mol. The minimum Gasteiger partial charge on any atom is -0.342 e. The van der Waals surface area contributed by atoms with Gasteiger partial charge in [0.25, 0.3) is 5.91 Å². The molecule has 2 fully saturated rings. The fourth-order valence-electron chi connectivity index (χ4n) is 4.46. The van der Waals surface area contributed by atoms with Gasteiger partial charge in [0.15, 0.2) is 0 Å². The van der Waals surface area contributed by atoms with Gasteiger partial charge < -0.3 is 9.80 Å². The van der Waals surface area contributed by atoms with Crippen LogP contribution in [-0.4, -0.2) is 52.8 Å². The Hall–Kier alpha value is -1.91. The van der Waals surface area contributed by atoms with Crippen LogP contribution in [0.2, 0.25) is 0 Å². The summed E-state index contributed by atoms with van der Waals surface area (Å²) in [5.41, 5.74) is 2.71. The van der Waals surface area contributed by atoms with Crippen molar-refractivity contribution in [3.05, 3.63) is 29.1 Å². The van der Waals surface area contributed by atoms with E-state index in [0.29, 0.717) is 12.0 Å². The van der Waals surface area contributed by atoms with E-state index >= 15 is 0 Å². The number of unbranched alkanes of at least 4 members (excludes halogenated alkanes) is 1. The topological polar surface area (TPSA) is 53.5 Å². The standard InChI is InChI=1S/C21H31N3O2/c1-4-5-10-23-14-21(9-7-19(23)25)8-6-11-24(15-21)20(26)18-13-22-17(3)12-16(18)2/h12-13H,4-11,14-15H2,1-3H3. The van der Waals surface area contributed by atoms with Crippen LogP contribution in [0.5, 0.6) is 0 Å². The molecule has 1 unspecified atom stereocenters. The Balaban J connectivity index is 1.74. The molecule has 142 valence electrons. The number of piperidine rings is 2. The van der Waals surface area contributed by atoms with E-state index in [4.69, 9.17) is 0 Å². The Morgan fingerprint density at radius 2 is 2.08 bits per heavy atom. The highest BCUT2D eigenvalue weighted by Gasteiger charge is 2.42. The van der Waals surface area contributed by atoms with Gasteiger partial charge in [-0.15, -0.1) is 0 Å². The molecule has 1 atom stereocenters. The molecule has 1 aromatic heterocycles. The van der Waals surface area contributed by atoms with Gasteiger partial charge in [-0.3, -0.25) is 14.6 Å². The summed E-state index contributed by atoms with van der Waals surface area (Å²) in [4.78, 5) is 33.7. The number of hydrogen-bond donors (Lipinski definition) is 0. The normalized spacial score (nSPS) is 23.6.